The smallest absolute Gasteiger partial charge is 0.251 e. The van der Waals surface area contributed by atoms with E-state index in [1.807, 2.05) is 55.6 Å². The number of aryl methyl sites for hydroxylation is 1. The van der Waals surface area contributed by atoms with E-state index >= 15 is 0 Å². The zero-order valence-electron chi connectivity index (χ0n) is 15.4. The first-order valence-corrected chi connectivity index (χ1v) is 9.64. The predicted molar refractivity (Wildman–Crippen MR) is 107 cm³/mol. The Labute approximate surface area is 166 Å². The van der Waals surface area contributed by atoms with Gasteiger partial charge in [0.05, 0.1) is 11.7 Å². The van der Waals surface area contributed by atoms with E-state index in [4.69, 9.17) is 0 Å². The number of nitrogens with zero attached hydrogens (tertiary/aromatic N) is 5. The summed E-state index contributed by atoms with van der Waals surface area (Å²) in [6.07, 6.45) is 3.24. The summed E-state index contributed by atoms with van der Waals surface area (Å²) in [7, 11) is 0. The fourth-order valence-electron chi connectivity index (χ4n) is 2.86. The Kier molecular flexibility index (Phi) is 4.94. The van der Waals surface area contributed by atoms with Gasteiger partial charge in [0.1, 0.15) is 11.3 Å². The van der Waals surface area contributed by atoms with E-state index in [0.29, 0.717) is 5.56 Å². The van der Waals surface area contributed by atoms with Crippen LogP contribution in [0, 0.1) is 6.92 Å². The first-order valence-electron chi connectivity index (χ1n) is 8.76. The molecule has 0 aliphatic heterocycles. The van der Waals surface area contributed by atoms with Crippen molar-refractivity contribution in [3.63, 3.8) is 0 Å². The van der Waals surface area contributed by atoms with Crippen LogP contribution in [0.25, 0.3) is 16.8 Å². The predicted octanol–water partition coefficient (Wildman–Crippen LogP) is 3.59. The number of hydrogen-bond donors (Lipinski definition) is 1. The maximum atomic E-state index is 12.9. The molecule has 0 radical (unpaired) electrons. The molecule has 1 atom stereocenters. The summed E-state index contributed by atoms with van der Waals surface area (Å²) >= 11 is 1.51. The second kappa shape index (κ2) is 7.69. The minimum absolute atomic E-state index is 0.174. The summed E-state index contributed by atoms with van der Waals surface area (Å²) in [4.78, 5) is 17.2. The molecule has 0 saturated carbocycles. The summed E-state index contributed by atoms with van der Waals surface area (Å²) < 4.78 is 1.54. The van der Waals surface area contributed by atoms with Crippen molar-refractivity contribution in [3.05, 3.63) is 76.5 Å². The molecule has 2 heterocycles. The van der Waals surface area contributed by atoms with Gasteiger partial charge in [-0.05, 0) is 53.6 Å². The number of benzene rings is 2. The molecule has 0 aliphatic rings. The Morgan fingerprint density at radius 1 is 1.14 bits per heavy atom. The monoisotopic (exact) mass is 390 g/mol. The molecule has 7 nitrogen and oxygen atoms in total. The highest BCUT2D eigenvalue weighted by molar-refractivity contribution is 7.09. The van der Waals surface area contributed by atoms with Gasteiger partial charge in [-0.1, -0.05) is 29.8 Å². The van der Waals surface area contributed by atoms with Gasteiger partial charge >= 0.3 is 0 Å². The van der Waals surface area contributed by atoms with E-state index in [0.717, 1.165) is 21.8 Å². The SMILES string of the molecule is Cc1ccc(-c2cc(C(=O)NC(C)c3nccs3)cc(-n3cnnn3)c2)cc1. The first kappa shape index (κ1) is 18.0. The zero-order chi connectivity index (χ0) is 19.5. The van der Waals surface area contributed by atoms with Gasteiger partial charge in [-0.3, -0.25) is 4.79 Å². The van der Waals surface area contributed by atoms with Crippen LogP contribution >= 0.6 is 11.3 Å². The van der Waals surface area contributed by atoms with Gasteiger partial charge in [-0.25, -0.2) is 9.67 Å². The molecule has 8 heteroatoms. The Bertz CT molecular complexity index is 1070. The molecule has 2 aromatic heterocycles. The number of rotatable bonds is 5. The van der Waals surface area contributed by atoms with Gasteiger partial charge in [0.15, 0.2) is 0 Å². The lowest BCUT2D eigenvalue weighted by Gasteiger charge is -2.13. The third kappa shape index (κ3) is 3.81. The van der Waals surface area contributed by atoms with Gasteiger partial charge in [0.2, 0.25) is 0 Å². The number of amides is 1. The summed E-state index contributed by atoms with van der Waals surface area (Å²) in [6.45, 7) is 3.96. The minimum atomic E-state index is -0.175. The molecule has 0 fully saturated rings. The summed E-state index contributed by atoms with van der Waals surface area (Å²) in [6, 6.07) is 13.6. The highest BCUT2D eigenvalue weighted by Gasteiger charge is 2.16. The Balaban J connectivity index is 1.71. The summed E-state index contributed by atoms with van der Waals surface area (Å²) in [5.41, 5.74) is 4.36. The number of tetrazole rings is 1. The van der Waals surface area contributed by atoms with Gasteiger partial charge in [-0.2, -0.15) is 0 Å². The van der Waals surface area contributed by atoms with Crippen molar-refractivity contribution in [2.45, 2.75) is 19.9 Å². The Hall–Kier alpha value is -3.39. The van der Waals surface area contributed by atoms with Crippen molar-refractivity contribution in [2.75, 3.05) is 0 Å². The van der Waals surface area contributed by atoms with Crippen molar-refractivity contribution >= 4 is 17.2 Å². The molecule has 1 N–H and O–H groups in total. The van der Waals surface area contributed by atoms with Gasteiger partial charge < -0.3 is 5.32 Å². The van der Waals surface area contributed by atoms with Crippen molar-refractivity contribution in [3.8, 4) is 16.8 Å². The van der Waals surface area contributed by atoms with E-state index in [2.05, 4.69) is 25.8 Å². The van der Waals surface area contributed by atoms with Crippen LogP contribution in [0.2, 0.25) is 0 Å². The second-order valence-electron chi connectivity index (χ2n) is 6.45. The third-order valence-corrected chi connectivity index (χ3v) is 5.31. The number of hydrogen-bond acceptors (Lipinski definition) is 6. The lowest BCUT2D eigenvalue weighted by atomic mass is 10.0. The topological polar surface area (TPSA) is 85.6 Å². The molecule has 0 bridgehead atoms. The van der Waals surface area contributed by atoms with Crippen LogP contribution in [-0.2, 0) is 0 Å². The summed E-state index contributed by atoms with van der Waals surface area (Å²) in [5.74, 6) is -0.175. The van der Waals surface area contributed by atoms with Crippen molar-refractivity contribution in [2.24, 2.45) is 0 Å². The standard InChI is InChI=1S/C20H18N6OS/c1-13-3-5-15(6-4-13)16-9-17(11-18(10-16)26-12-22-24-25-26)19(27)23-14(2)20-21-7-8-28-20/h3-12,14H,1-2H3,(H,23,27). The number of nitrogens with one attached hydrogen (secondary N) is 1. The highest BCUT2D eigenvalue weighted by Crippen LogP contribution is 2.25. The maximum absolute atomic E-state index is 12.9. The van der Waals surface area contributed by atoms with E-state index in [-0.39, 0.29) is 11.9 Å². The molecule has 1 unspecified atom stereocenters. The van der Waals surface area contributed by atoms with Gasteiger partial charge in [0.25, 0.3) is 5.91 Å². The van der Waals surface area contributed by atoms with Crippen LogP contribution < -0.4 is 5.32 Å². The third-order valence-electron chi connectivity index (χ3n) is 4.35. The molecule has 0 spiro atoms. The Morgan fingerprint density at radius 3 is 2.64 bits per heavy atom. The normalized spacial score (nSPS) is 11.9. The maximum Gasteiger partial charge on any atom is 0.251 e. The molecule has 2 aromatic carbocycles. The van der Waals surface area contributed by atoms with Crippen LogP contribution in [0.4, 0.5) is 0 Å². The number of thiazole rings is 1. The number of carbonyl (C=O) groups excluding carboxylic acids is 1. The van der Waals surface area contributed by atoms with Crippen LogP contribution in [-0.4, -0.2) is 31.1 Å². The van der Waals surface area contributed by atoms with E-state index in [1.165, 1.54) is 23.2 Å². The molecule has 0 aliphatic carbocycles. The average Bonchev–Trinajstić information content (AvgIpc) is 3.42. The van der Waals surface area contributed by atoms with Crippen molar-refractivity contribution in [1.82, 2.24) is 30.5 Å². The molecule has 28 heavy (non-hydrogen) atoms. The van der Waals surface area contributed by atoms with E-state index in [1.54, 1.807) is 16.9 Å². The fraction of sp³-hybridized carbons (Fsp3) is 0.150. The quantitative estimate of drug-likeness (QED) is 0.563. The lowest BCUT2D eigenvalue weighted by Crippen LogP contribution is -2.26. The van der Waals surface area contributed by atoms with Gasteiger partial charge in [-0.15, -0.1) is 16.4 Å². The van der Waals surface area contributed by atoms with Crippen molar-refractivity contribution in [1.29, 1.82) is 0 Å². The largest absolute Gasteiger partial charge is 0.343 e. The van der Waals surface area contributed by atoms with Crippen LogP contribution in [0.15, 0.2) is 60.4 Å². The molecular formula is C20H18N6OS. The van der Waals surface area contributed by atoms with E-state index in [9.17, 15) is 4.79 Å². The number of aromatic nitrogens is 5. The van der Waals surface area contributed by atoms with Gasteiger partial charge in [0, 0.05) is 17.1 Å². The first-order chi connectivity index (χ1) is 13.6. The minimum Gasteiger partial charge on any atom is -0.343 e. The summed E-state index contributed by atoms with van der Waals surface area (Å²) in [5, 5.41) is 17.1. The van der Waals surface area contributed by atoms with Crippen LogP contribution in [0.1, 0.15) is 33.9 Å². The Morgan fingerprint density at radius 2 is 1.96 bits per heavy atom. The van der Waals surface area contributed by atoms with Crippen molar-refractivity contribution < 1.29 is 4.79 Å². The average molecular weight is 390 g/mol. The fourth-order valence-corrected chi connectivity index (χ4v) is 3.50. The lowest BCUT2D eigenvalue weighted by molar-refractivity contribution is 0.0940. The highest BCUT2D eigenvalue weighted by atomic mass is 32.1. The zero-order valence-corrected chi connectivity index (χ0v) is 16.2. The molecule has 1 amide bonds. The van der Waals surface area contributed by atoms with Crippen LogP contribution in [0.5, 0.6) is 0 Å². The molecule has 4 rings (SSSR count). The second-order valence-corrected chi connectivity index (χ2v) is 7.38. The molecular weight excluding hydrogens is 372 g/mol. The number of carbonyl (C=O) groups is 1. The van der Waals surface area contributed by atoms with E-state index < -0.39 is 0 Å². The molecule has 0 saturated heterocycles. The van der Waals surface area contributed by atoms with Crippen LogP contribution in [0.3, 0.4) is 0 Å². The molecule has 140 valence electrons. The molecule has 4 aromatic rings.